The fourth-order valence-electron chi connectivity index (χ4n) is 2.28. The third-order valence-electron chi connectivity index (χ3n) is 3.53. The molecule has 3 aromatic heterocycles. The number of hydrogen-bond donors (Lipinski definition) is 2. The summed E-state index contributed by atoms with van der Waals surface area (Å²) < 4.78 is 5.36. The van der Waals surface area contributed by atoms with Crippen LogP contribution in [-0.4, -0.2) is 16.2 Å². The minimum Gasteiger partial charge on any atom is -0.469 e. The predicted molar refractivity (Wildman–Crippen MR) is 85.2 cm³/mol. The maximum absolute atomic E-state index is 5.36. The van der Waals surface area contributed by atoms with Crippen LogP contribution in [-0.2, 0) is 13.0 Å². The number of aromatic nitrogens is 2. The molecule has 0 fully saturated rings. The van der Waals surface area contributed by atoms with Crippen LogP contribution in [0.3, 0.4) is 0 Å². The van der Waals surface area contributed by atoms with Crippen LogP contribution in [0, 0.1) is 0 Å². The Hall–Kier alpha value is -1.85. The van der Waals surface area contributed by atoms with E-state index in [9.17, 15) is 0 Å². The fourth-order valence-corrected chi connectivity index (χ4v) is 3.03. The average molecular weight is 301 g/mol. The Morgan fingerprint density at radius 1 is 1.38 bits per heavy atom. The Kier molecular flexibility index (Phi) is 4.52. The van der Waals surface area contributed by atoms with Gasteiger partial charge in [-0.2, -0.15) is 5.10 Å². The first-order valence-electron chi connectivity index (χ1n) is 7.15. The summed E-state index contributed by atoms with van der Waals surface area (Å²) in [5, 5.41) is 12.9. The first-order valence-corrected chi connectivity index (χ1v) is 8.03. The molecule has 3 heterocycles. The number of nitrogens with zero attached hydrogens (tertiary/aromatic N) is 1. The second-order valence-corrected chi connectivity index (χ2v) is 6.10. The van der Waals surface area contributed by atoms with Crippen LogP contribution in [0.1, 0.15) is 24.7 Å². The molecule has 0 aromatic carbocycles. The summed E-state index contributed by atoms with van der Waals surface area (Å²) in [7, 11) is 0. The standard InChI is InChI=1S/C16H19N3OS/c1-12(6-7-14-4-2-8-20-14)17-10-13-11-18-19-16(13)15-5-3-9-21-15/h2-5,8-9,11-12,17H,6-7,10H2,1H3,(H,18,19). The summed E-state index contributed by atoms with van der Waals surface area (Å²) in [6.45, 7) is 3.02. The maximum Gasteiger partial charge on any atom is 0.103 e. The minimum absolute atomic E-state index is 0.432. The van der Waals surface area contributed by atoms with Gasteiger partial charge in [-0.3, -0.25) is 5.10 Å². The summed E-state index contributed by atoms with van der Waals surface area (Å²) in [4.78, 5) is 1.23. The zero-order valence-corrected chi connectivity index (χ0v) is 12.8. The van der Waals surface area contributed by atoms with E-state index in [-0.39, 0.29) is 0 Å². The van der Waals surface area contributed by atoms with E-state index in [1.54, 1.807) is 17.6 Å². The molecule has 1 unspecified atom stereocenters. The molecule has 3 aromatic rings. The van der Waals surface area contributed by atoms with Gasteiger partial charge in [-0.1, -0.05) is 6.07 Å². The highest BCUT2D eigenvalue weighted by Gasteiger charge is 2.10. The van der Waals surface area contributed by atoms with Crippen molar-refractivity contribution in [3.8, 4) is 10.6 Å². The smallest absolute Gasteiger partial charge is 0.103 e. The van der Waals surface area contributed by atoms with Crippen LogP contribution in [0.4, 0.5) is 0 Å². The highest BCUT2D eigenvalue weighted by atomic mass is 32.1. The van der Waals surface area contributed by atoms with Gasteiger partial charge in [0.25, 0.3) is 0 Å². The normalized spacial score (nSPS) is 12.6. The highest BCUT2D eigenvalue weighted by Crippen LogP contribution is 2.25. The molecule has 3 rings (SSSR count). The van der Waals surface area contributed by atoms with Crippen LogP contribution in [0.15, 0.2) is 46.5 Å². The first kappa shape index (κ1) is 14.1. The van der Waals surface area contributed by atoms with Gasteiger partial charge in [-0.25, -0.2) is 0 Å². The molecule has 0 saturated carbocycles. The van der Waals surface area contributed by atoms with Gasteiger partial charge in [0.1, 0.15) is 5.76 Å². The molecular formula is C16H19N3OS. The van der Waals surface area contributed by atoms with Gasteiger partial charge in [0.15, 0.2) is 0 Å². The number of furan rings is 1. The van der Waals surface area contributed by atoms with Gasteiger partial charge in [-0.05, 0) is 36.9 Å². The van der Waals surface area contributed by atoms with Gasteiger partial charge in [0, 0.05) is 24.6 Å². The van der Waals surface area contributed by atoms with Crippen molar-refractivity contribution in [2.45, 2.75) is 32.4 Å². The summed E-state index contributed by atoms with van der Waals surface area (Å²) >= 11 is 1.73. The van der Waals surface area contributed by atoms with Crippen LogP contribution < -0.4 is 5.32 Å². The quantitative estimate of drug-likeness (QED) is 0.697. The van der Waals surface area contributed by atoms with E-state index < -0.39 is 0 Å². The summed E-state index contributed by atoms with van der Waals surface area (Å²) in [5.74, 6) is 1.05. The van der Waals surface area contributed by atoms with E-state index in [2.05, 4.69) is 40.0 Å². The molecule has 0 bridgehead atoms. The van der Waals surface area contributed by atoms with Crippen molar-refractivity contribution >= 4 is 11.3 Å². The van der Waals surface area contributed by atoms with E-state index in [0.29, 0.717) is 6.04 Å². The maximum atomic E-state index is 5.36. The molecule has 110 valence electrons. The van der Waals surface area contributed by atoms with Crippen molar-refractivity contribution in [2.24, 2.45) is 0 Å². The molecule has 1 atom stereocenters. The zero-order valence-electron chi connectivity index (χ0n) is 12.0. The van der Waals surface area contributed by atoms with Crippen molar-refractivity contribution in [1.82, 2.24) is 15.5 Å². The highest BCUT2D eigenvalue weighted by molar-refractivity contribution is 7.13. The largest absolute Gasteiger partial charge is 0.469 e. The number of nitrogens with one attached hydrogen (secondary N) is 2. The molecule has 2 N–H and O–H groups in total. The lowest BCUT2D eigenvalue weighted by Gasteiger charge is -2.12. The number of thiophene rings is 1. The molecule has 0 spiro atoms. The van der Waals surface area contributed by atoms with Gasteiger partial charge >= 0.3 is 0 Å². The van der Waals surface area contributed by atoms with E-state index in [4.69, 9.17) is 4.42 Å². The average Bonchev–Trinajstić information content (AvgIpc) is 3.24. The third-order valence-corrected chi connectivity index (χ3v) is 4.42. The molecule has 0 aliphatic rings. The lowest BCUT2D eigenvalue weighted by atomic mass is 10.1. The summed E-state index contributed by atoms with van der Waals surface area (Å²) in [6.07, 6.45) is 5.65. The summed E-state index contributed by atoms with van der Waals surface area (Å²) in [5.41, 5.74) is 2.33. The van der Waals surface area contributed by atoms with E-state index in [0.717, 1.165) is 30.8 Å². The lowest BCUT2D eigenvalue weighted by Crippen LogP contribution is -2.26. The second kappa shape index (κ2) is 6.74. The van der Waals surface area contributed by atoms with Crippen molar-refractivity contribution in [2.75, 3.05) is 0 Å². The Morgan fingerprint density at radius 3 is 3.10 bits per heavy atom. The van der Waals surface area contributed by atoms with Crippen LogP contribution in [0.5, 0.6) is 0 Å². The molecular weight excluding hydrogens is 282 g/mol. The van der Waals surface area contributed by atoms with Gasteiger partial charge in [-0.15, -0.1) is 11.3 Å². The van der Waals surface area contributed by atoms with Crippen molar-refractivity contribution in [3.05, 3.63) is 53.4 Å². The zero-order chi connectivity index (χ0) is 14.5. The number of aromatic amines is 1. The Labute approximate surface area is 128 Å². The molecule has 5 heteroatoms. The number of H-pyrrole nitrogens is 1. The minimum atomic E-state index is 0.432. The molecule has 0 amide bonds. The molecule has 0 radical (unpaired) electrons. The van der Waals surface area contributed by atoms with Crippen molar-refractivity contribution in [1.29, 1.82) is 0 Å². The number of rotatable bonds is 7. The van der Waals surface area contributed by atoms with E-state index in [1.807, 2.05) is 18.3 Å². The van der Waals surface area contributed by atoms with Gasteiger partial charge in [0.2, 0.25) is 0 Å². The van der Waals surface area contributed by atoms with Gasteiger partial charge < -0.3 is 9.73 Å². The first-order chi connectivity index (χ1) is 10.3. The third kappa shape index (κ3) is 3.62. The van der Waals surface area contributed by atoms with Crippen LogP contribution >= 0.6 is 11.3 Å². The van der Waals surface area contributed by atoms with E-state index in [1.165, 1.54) is 10.4 Å². The topological polar surface area (TPSA) is 53.9 Å². The van der Waals surface area contributed by atoms with Crippen LogP contribution in [0.2, 0.25) is 0 Å². The molecule has 0 saturated heterocycles. The Bertz CT molecular complexity index is 643. The summed E-state index contributed by atoms with van der Waals surface area (Å²) in [6, 6.07) is 8.57. The monoisotopic (exact) mass is 301 g/mol. The number of aryl methyl sites for hydroxylation is 1. The Balaban J connectivity index is 1.52. The van der Waals surface area contributed by atoms with Crippen molar-refractivity contribution in [3.63, 3.8) is 0 Å². The van der Waals surface area contributed by atoms with E-state index >= 15 is 0 Å². The predicted octanol–water partition coefficient (Wildman–Crippen LogP) is 3.84. The molecule has 4 nitrogen and oxygen atoms in total. The SMILES string of the molecule is CC(CCc1ccco1)NCc1cn[nH]c1-c1cccs1. The molecule has 0 aliphatic carbocycles. The fraction of sp³-hybridized carbons (Fsp3) is 0.312. The van der Waals surface area contributed by atoms with Crippen molar-refractivity contribution < 1.29 is 4.42 Å². The van der Waals surface area contributed by atoms with Crippen LogP contribution in [0.25, 0.3) is 10.6 Å². The molecule has 21 heavy (non-hydrogen) atoms. The second-order valence-electron chi connectivity index (χ2n) is 5.15. The molecule has 0 aliphatic heterocycles. The Morgan fingerprint density at radius 2 is 2.33 bits per heavy atom. The number of hydrogen-bond acceptors (Lipinski definition) is 4. The lowest BCUT2D eigenvalue weighted by molar-refractivity contribution is 0.460. The van der Waals surface area contributed by atoms with Gasteiger partial charge in [0.05, 0.1) is 23.0 Å².